The Balaban J connectivity index is 1.58. The first-order valence-corrected chi connectivity index (χ1v) is 8.88. The molecule has 24 heavy (non-hydrogen) atoms. The number of benzene rings is 1. The molecule has 3 aliphatic rings. The summed E-state index contributed by atoms with van der Waals surface area (Å²) in [4.78, 5) is 14.2. The Morgan fingerprint density at radius 3 is 2.96 bits per heavy atom. The van der Waals surface area contributed by atoms with Gasteiger partial charge in [0, 0.05) is 13.1 Å². The molecule has 2 unspecified atom stereocenters. The zero-order chi connectivity index (χ0) is 16.5. The second-order valence-electron chi connectivity index (χ2n) is 6.49. The van der Waals surface area contributed by atoms with Crippen molar-refractivity contribution in [1.82, 2.24) is 20.9 Å². The molecule has 1 amide bonds. The van der Waals surface area contributed by atoms with Gasteiger partial charge in [-0.05, 0) is 36.3 Å². The van der Waals surface area contributed by atoms with Crippen molar-refractivity contribution in [3.05, 3.63) is 35.4 Å². The van der Waals surface area contributed by atoms with Crippen LogP contribution in [0.3, 0.4) is 0 Å². The van der Waals surface area contributed by atoms with E-state index in [1.807, 2.05) is 0 Å². The third-order valence-corrected chi connectivity index (χ3v) is 5.39. The normalized spacial score (nSPS) is 30.2. The zero-order valence-corrected chi connectivity index (χ0v) is 14.3. The molecule has 0 spiro atoms. The number of amides is 1. The van der Waals surface area contributed by atoms with Crippen molar-refractivity contribution >= 4 is 23.2 Å². The van der Waals surface area contributed by atoms with E-state index in [1.165, 1.54) is 11.1 Å². The highest BCUT2D eigenvalue weighted by atomic mass is 32.1. The van der Waals surface area contributed by atoms with Crippen molar-refractivity contribution in [1.29, 1.82) is 0 Å². The van der Waals surface area contributed by atoms with Crippen LogP contribution >= 0.6 is 12.2 Å². The van der Waals surface area contributed by atoms with E-state index in [9.17, 15) is 4.79 Å². The Morgan fingerprint density at radius 2 is 2.12 bits per heavy atom. The molecule has 0 radical (unpaired) electrons. The van der Waals surface area contributed by atoms with Gasteiger partial charge in [0.15, 0.2) is 5.11 Å². The van der Waals surface area contributed by atoms with Crippen LogP contribution in [0.25, 0.3) is 0 Å². The first-order valence-electron chi connectivity index (χ1n) is 8.48. The molecule has 3 atom stereocenters. The summed E-state index contributed by atoms with van der Waals surface area (Å²) >= 11 is 5.45. The number of thiocarbonyl (C=S) groups is 1. The number of rotatable bonds is 3. The number of carbonyl (C=O) groups is 1. The summed E-state index contributed by atoms with van der Waals surface area (Å²) in [6.07, 6.45) is 0.936. The van der Waals surface area contributed by atoms with Gasteiger partial charge in [-0.3, -0.25) is 4.79 Å². The van der Waals surface area contributed by atoms with E-state index in [-0.39, 0.29) is 24.0 Å². The van der Waals surface area contributed by atoms with Gasteiger partial charge in [0.25, 0.3) is 0 Å². The van der Waals surface area contributed by atoms with Gasteiger partial charge in [-0.25, -0.2) is 0 Å². The molecule has 1 aromatic carbocycles. The highest BCUT2D eigenvalue weighted by Crippen LogP contribution is 2.26. The monoisotopic (exact) mass is 346 g/mol. The van der Waals surface area contributed by atoms with Crippen LogP contribution in [0.5, 0.6) is 0 Å². The number of hydrogen-bond donors (Lipinski definition) is 3. The molecule has 3 saturated heterocycles. The van der Waals surface area contributed by atoms with Crippen molar-refractivity contribution in [3.63, 3.8) is 0 Å². The molecule has 0 aromatic heterocycles. The number of nitrogens with zero attached hydrogens (tertiary/aromatic N) is 1. The minimum absolute atomic E-state index is 0.00520. The van der Waals surface area contributed by atoms with E-state index in [4.69, 9.17) is 17.0 Å². The first kappa shape index (κ1) is 16.0. The van der Waals surface area contributed by atoms with Gasteiger partial charge in [-0.15, -0.1) is 0 Å². The predicted molar refractivity (Wildman–Crippen MR) is 94.5 cm³/mol. The zero-order valence-electron chi connectivity index (χ0n) is 13.5. The number of ether oxygens (including phenoxy) is 1. The number of carbonyl (C=O) groups excluding carboxylic acids is 1. The van der Waals surface area contributed by atoms with Crippen LogP contribution in [0.15, 0.2) is 24.3 Å². The van der Waals surface area contributed by atoms with E-state index in [0.717, 1.165) is 26.1 Å². The Bertz CT molecular complexity index is 647. The smallest absolute Gasteiger partial charge is 0.245 e. The molecule has 7 heteroatoms. The lowest BCUT2D eigenvalue weighted by atomic mass is 9.98. The summed E-state index contributed by atoms with van der Waals surface area (Å²) < 4.78 is 5.62. The fraction of sp³-hybridized carbons (Fsp3) is 0.529. The van der Waals surface area contributed by atoms with E-state index in [2.05, 4.69) is 45.1 Å². The molecular formula is C17H22N4O2S. The largest absolute Gasteiger partial charge is 0.378 e. The lowest BCUT2D eigenvalue weighted by Gasteiger charge is -2.39. The predicted octanol–water partition coefficient (Wildman–Crippen LogP) is 0.295. The van der Waals surface area contributed by atoms with Crippen molar-refractivity contribution < 1.29 is 9.53 Å². The van der Waals surface area contributed by atoms with Crippen LogP contribution in [0, 0.1) is 0 Å². The Kier molecular flexibility index (Phi) is 4.49. The molecular weight excluding hydrogens is 324 g/mol. The summed E-state index contributed by atoms with van der Waals surface area (Å²) in [5.74, 6) is -0.00520. The lowest BCUT2D eigenvalue weighted by molar-refractivity contribution is -0.123. The van der Waals surface area contributed by atoms with Crippen LogP contribution in [-0.2, 0) is 16.1 Å². The molecule has 0 aliphatic carbocycles. The number of morpholine rings is 1. The van der Waals surface area contributed by atoms with Crippen LogP contribution in [-0.4, -0.2) is 54.3 Å². The molecule has 3 N–H and O–H groups in total. The molecule has 1 aromatic rings. The summed E-state index contributed by atoms with van der Waals surface area (Å²) in [6.45, 7) is 3.87. The van der Waals surface area contributed by atoms with E-state index >= 15 is 0 Å². The summed E-state index contributed by atoms with van der Waals surface area (Å²) in [5.41, 5.74) is 2.48. The Hall–Kier alpha value is -1.54. The van der Waals surface area contributed by atoms with Crippen molar-refractivity contribution in [2.45, 2.75) is 31.1 Å². The highest BCUT2D eigenvalue weighted by Gasteiger charge is 2.42. The number of hydrogen-bond acceptors (Lipinski definition) is 5. The fourth-order valence-corrected chi connectivity index (χ4v) is 4.15. The van der Waals surface area contributed by atoms with E-state index in [1.54, 1.807) is 0 Å². The van der Waals surface area contributed by atoms with Gasteiger partial charge < -0.3 is 25.6 Å². The minimum atomic E-state index is -0.167. The first-order chi connectivity index (χ1) is 11.7. The second kappa shape index (κ2) is 6.76. The van der Waals surface area contributed by atoms with Crippen LogP contribution in [0.2, 0.25) is 0 Å². The average molecular weight is 346 g/mol. The lowest BCUT2D eigenvalue weighted by Crippen LogP contribution is -2.63. The van der Waals surface area contributed by atoms with Gasteiger partial charge in [0.05, 0.1) is 25.3 Å². The fourth-order valence-electron chi connectivity index (χ4n) is 3.85. The quantitative estimate of drug-likeness (QED) is 0.684. The molecule has 0 saturated carbocycles. The molecule has 4 rings (SSSR count). The molecule has 0 bridgehead atoms. The van der Waals surface area contributed by atoms with Crippen LogP contribution < -0.4 is 16.0 Å². The average Bonchev–Trinajstić information content (AvgIpc) is 3.10. The number of nitrogens with one attached hydrogen (secondary N) is 3. The van der Waals surface area contributed by atoms with Crippen LogP contribution in [0.4, 0.5) is 0 Å². The maximum absolute atomic E-state index is 12.1. The van der Waals surface area contributed by atoms with Crippen molar-refractivity contribution in [3.8, 4) is 0 Å². The highest BCUT2D eigenvalue weighted by molar-refractivity contribution is 7.80. The van der Waals surface area contributed by atoms with E-state index < -0.39 is 0 Å². The summed E-state index contributed by atoms with van der Waals surface area (Å²) in [6, 6.07) is 8.58. The van der Waals surface area contributed by atoms with Crippen LogP contribution in [0.1, 0.15) is 23.6 Å². The van der Waals surface area contributed by atoms with Gasteiger partial charge in [-0.2, -0.15) is 0 Å². The SMILES string of the molecule is O=C1NC(=S)N(Cc2ccccc2[C@H]2COCCN2)C2CCNC12. The molecule has 3 fully saturated rings. The molecule has 6 nitrogen and oxygen atoms in total. The molecule has 128 valence electrons. The van der Waals surface area contributed by atoms with Gasteiger partial charge in [0.2, 0.25) is 5.91 Å². The number of fused-ring (bicyclic) bond motifs is 1. The standard InChI is InChI=1S/C17H22N4O2S/c22-16-15-14(5-6-19-15)21(17(24)20-16)9-11-3-1-2-4-12(11)13-10-23-8-7-18-13/h1-4,13-15,18-19H,5-10H2,(H,20,22,24)/t13-,14?,15?/m1/s1. The minimum Gasteiger partial charge on any atom is -0.378 e. The summed E-state index contributed by atoms with van der Waals surface area (Å²) in [7, 11) is 0. The van der Waals surface area contributed by atoms with Crippen molar-refractivity contribution in [2.24, 2.45) is 0 Å². The molecule has 3 aliphatic heterocycles. The topological polar surface area (TPSA) is 65.6 Å². The van der Waals surface area contributed by atoms with Gasteiger partial charge in [0.1, 0.15) is 6.04 Å². The maximum atomic E-state index is 12.1. The molecule has 3 heterocycles. The summed E-state index contributed by atoms with van der Waals surface area (Å²) in [5, 5.41) is 10.2. The Morgan fingerprint density at radius 1 is 1.25 bits per heavy atom. The van der Waals surface area contributed by atoms with Gasteiger partial charge >= 0.3 is 0 Å². The third-order valence-electron chi connectivity index (χ3n) is 5.06. The third kappa shape index (κ3) is 2.93. The second-order valence-corrected chi connectivity index (χ2v) is 6.88. The maximum Gasteiger partial charge on any atom is 0.245 e. The van der Waals surface area contributed by atoms with Crippen molar-refractivity contribution in [2.75, 3.05) is 26.3 Å². The van der Waals surface area contributed by atoms with Gasteiger partial charge in [-0.1, -0.05) is 24.3 Å². The Labute approximate surface area is 146 Å². The van der Waals surface area contributed by atoms with E-state index in [0.29, 0.717) is 18.3 Å².